The Morgan fingerprint density at radius 2 is 1.00 bits per heavy atom. The Labute approximate surface area is 403 Å². The van der Waals surface area contributed by atoms with Gasteiger partial charge >= 0.3 is 0 Å². The number of aromatic nitrogens is 1. The van der Waals surface area contributed by atoms with E-state index in [1.54, 1.807) is 0 Å². The molecule has 0 atom stereocenters. The van der Waals surface area contributed by atoms with E-state index in [4.69, 9.17) is 0 Å². The highest BCUT2D eigenvalue weighted by Crippen LogP contribution is 2.44. The Morgan fingerprint density at radius 3 is 1.65 bits per heavy atom. The molecule has 9 aromatic carbocycles. The van der Waals surface area contributed by atoms with E-state index in [1.165, 1.54) is 83.2 Å². The quantitative estimate of drug-likeness (QED) is 0.112. The summed E-state index contributed by atoms with van der Waals surface area (Å²) in [5.74, 6) is 0.365. The zero-order chi connectivity index (χ0) is 46.6. The molecular weight excluding hydrogens is 821 g/mol. The van der Waals surface area contributed by atoms with Crippen LogP contribution in [0.4, 0.5) is 11.4 Å². The molecule has 0 radical (unpaired) electrons. The number of nitrogens with zero attached hydrogens (tertiary/aromatic N) is 2. The Morgan fingerprint density at radius 1 is 0.485 bits per heavy atom. The Hall–Kier alpha value is -7.94. The molecule has 0 unspecified atom stereocenters. The molecule has 0 aliphatic carbocycles. The lowest BCUT2D eigenvalue weighted by atomic mass is 9.82. The highest BCUT2D eigenvalue weighted by molar-refractivity contribution is 5.95. The number of unbranched alkanes of at least 4 members (excludes halogenated alkanes) is 1. The van der Waals surface area contributed by atoms with Crippen molar-refractivity contribution in [2.24, 2.45) is 0 Å². The fraction of sp³-hybridized carbons (Fsp3) is 0.121. The Balaban J connectivity index is 1.05. The number of fused-ring (bicyclic) bond motifs is 1. The van der Waals surface area contributed by atoms with Gasteiger partial charge in [0.2, 0.25) is 0 Å². The lowest BCUT2D eigenvalue weighted by Gasteiger charge is -2.29. The van der Waals surface area contributed by atoms with Crippen LogP contribution in [-0.2, 0) is 0 Å². The van der Waals surface area contributed by atoms with Crippen LogP contribution in [-0.4, -0.2) is 4.57 Å². The van der Waals surface area contributed by atoms with Crippen molar-refractivity contribution in [3.05, 3.63) is 253 Å². The van der Waals surface area contributed by atoms with Gasteiger partial charge in [0, 0.05) is 22.4 Å². The Bertz CT molecular complexity index is 3350. The van der Waals surface area contributed by atoms with Crippen LogP contribution in [0, 0.1) is 13.8 Å². The van der Waals surface area contributed by atoms with Gasteiger partial charge < -0.3 is 9.47 Å². The van der Waals surface area contributed by atoms with Gasteiger partial charge in [-0.15, -0.1) is 0 Å². The molecule has 2 nitrogen and oxygen atoms in total. The summed E-state index contributed by atoms with van der Waals surface area (Å²) in [7, 11) is 0. The van der Waals surface area contributed by atoms with Crippen molar-refractivity contribution >= 4 is 28.0 Å². The third kappa shape index (κ3) is 8.62. The van der Waals surface area contributed by atoms with Crippen molar-refractivity contribution < 1.29 is 0 Å². The summed E-state index contributed by atoms with van der Waals surface area (Å²) in [5, 5.41) is 1.21. The lowest BCUT2D eigenvalue weighted by molar-refractivity contribution is 0.869. The molecule has 10 aromatic rings. The minimum absolute atomic E-state index is 0.365. The molecule has 0 fully saturated rings. The molecule has 0 aliphatic heterocycles. The van der Waals surface area contributed by atoms with E-state index < -0.39 is 0 Å². The summed E-state index contributed by atoms with van der Waals surface area (Å²) >= 11 is 0. The molecule has 0 saturated carbocycles. The number of aryl methyl sites for hydroxylation is 1. The topological polar surface area (TPSA) is 8.17 Å². The summed E-state index contributed by atoms with van der Waals surface area (Å²) in [4.78, 5) is 2.45. The standard InChI is InChI=1S/C66H58N2/c1-6-7-31-64(65-45-54-23-15-17-32-63(54)68(65)55-24-12-9-13-25-55)67(56-41-37-51(38-42-56)49-21-10-8-11-22-49)57-43-39-52(40-44-57)50-33-35-53(36-34-50)62-30-18-27-58(46(2)3)66(62)61-29-19-28-60(48(61)5)59-26-16-14-20-47(59)4/h8-46H,6-7H2,1-5H3/b64-31+. The van der Waals surface area contributed by atoms with Crippen LogP contribution in [0.15, 0.2) is 231 Å². The van der Waals surface area contributed by atoms with Crippen LogP contribution >= 0.6 is 0 Å². The predicted molar refractivity (Wildman–Crippen MR) is 292 cm³/mol. The Kier molecular flexibility index (Phi) is 12.6. The molecule has 0 bridgehead atoms. The van der Waals surface area contributed by atoms with Crippen molar-refractivity contribution in [2.45, 2.75) is 53.4 Å². The summed E-state index contributed by atoms with van der Waals surface area (Å²) in [6.07, 6.45) is 4.40. The fourth-order valence-corrected chi connectivity index (χ4v) is 9.96. The molecule has 1 aromatic heterocycles. The molecule has 0 aliphatic rings. The van der Waals surface area contributed by atoms with Crippen LogP contribution in [0.2, 0.25) is 0 Å². The molecular formula is C66H58N2. The number of allylic oxidation sites excluding steroid dienone is 1. The molecule has 0 spiro atoms. The zero-order valence-corrected chi connectivity index (χ0v) is 39.8. The number of benzene rings is 9. The van der Waals surface area contributed by atoms with Crippen molar-refractivity contribution in [1.29, 1.82) is 0 Å². The van der Waals surface area contributed by atoms with E-state index in [-0.39, 0.29) is 0 Å². The van der Waals surface area contributed by atoms with E-state index in [1.807, 2.05) is 0 Å². The summed E-state index contributed by atoms with van der Waals surface area (Å²) in [6, 6.07) is 82.2. The highest BCUT2D eigenvalue weighted by Gasteiger charge is 2.23. The minimum Gasteiger partial charge on any atom is -0.309 e. The lowest BCUT2D eigenvalue weighted by Crippen LogP contribution is -2.18. The van der Waals surface area contributed by atoms with Crippen LogP contribution < -0.4 is 4.90 Å². The molecule has 68 heavy (non-hydrogen) atoms. The van der Waals surface area contributed by atoms with Crippen LogP contribution in [0.3, 0.4) is 0 Å². The maximum atomic E-state index is 2.45. The van der Waals surface area contributed by atoms with E-state index in [0.717, 1.165) is 41.3 Å². The van der Waals surface area contributed by atoms with Crippen molar-refractivity contribution in [3.8, 4) is 61.3 Å². The van der Waals surface area contributed by atoms with E-state index in [0.29, 0.717) is 5.92 Å². The monoisotopic (exact) mass is 878 g/mol. The van der Waals surface area contributed by atoms with Gasteiger partial charge in [-0.1, -0.05) is 209 Å². The summed E-state index contributed by atoms with van der Waals surface area (Å²) in [5.41, 5.74) is 23.2. The van der Waals surface area contributed by atoms with Crippen molar-refractivity contribution in [2.75, 3.05) is 4.90 Å². The summed E-state index contributed by atoms with van der Waals surface area (Å²) < 4.78 is 2.42. The van der Waals surface area contributed by atoms with Gasteiger partial charge in [-0.3, -0.25) is 0 Å². The zero-order valence-electron chi connectivity index (χ0n) is 39.8. The van der Waals surface area contributed by atoms with Crippen LogP contribution in [0.1, 0.15) is 61.9 Å². The minimum atomic E-state index is 0.365. The molecule has 2 heteroatoms. The highest BCUT2D eigenvalue weighted by atomic mass is 15.2. The SMILES string of the molecule is CCC/C=C(\c1cc2ccccc2n1-c1ccccc1)N(c1ccc(-c2ccccc2)cc1)c1ccc(-c2ccc(-c3cccc(C(C)C)c3-c3cccc(-c4ccccc4C)c3C)cc2)cc1. The molecule has 10 rings (SSSR count). The predicted octanol–water partition coefficient (Wildman–Crippen LogP) is 18.7. The third-order valence-electron chi connectivity index (χ3n) is 13.5. The number of para-hydroxylation sites is 2. The van der Waals surface area contributed by atoms with Gasteiger partial charge in [0.25, 0.3) is 0 Å². The summed E-state index contributed by atoms with van der Waals surface area (Å²) in [6.45, 7) is 11.4. The number of rotatable bonds is 13. The van der Waals surface area contributed by atoms with Crippen LogP contribution in [0.5, 0.6) is 0 Å². The maximum absolute atomic E-state index is 2.45. The molecule has 0 N–H and O–H groups in total. The second kappa shape index (κ2) is 19.5. The van der Waals surface area contributed by atoms with E-state index in [2.05, 4.69) is 275 Å². The van der Waals surface area contributed by atoms with Gasteiger partial charge in [0.05, 0.1) is 16.9 Å². The van der Waals surface area contributed by atoms with Gasteiger partial charge in [-0.05, 0) is 147 Å². The fourth-order valence-electron chi connectivity index (χ4n) is 9.96. The number of anilines is 2. The second-order valence-corrected chi connectivity index (χ2v) is 18.2. The van der Waals surface area contributed by atoms with Crippen molar-refractivity contribution in [1.82, 2.24) is 4.57 Å². The maximum Gasteiger partial charge on any atom is 0.0706 e. The smallest absolute Gasteiger partial charge is 0.0706 e. The average Bonchev–Trinajstić information content (AvgIpc) is 3.78. The van der Waals surface area contributed by atoms with E-state index >= 15 is 0 Å². The molecule has 332 valence electrons. The first-order chi connectivity index (χ1) is 33.4. The second-order valence-electron chi connectivity index (χ2n) is 18.2. The first-order valence-electron chi connectivity index (χ1n) is 24.2. The number of hydrogen-bond donors (Lipinski definition) is 0. The molecule has 1 heterocycles. The van der Waals surface area contributed by atoms with Crippen molar-refractivity contribution in [3.63, 3.8) is 0 Å². The van der Waals surface area contributed by atoms with Gasteiger partial charge in [-0.25, -0.2) is 0 Å². The largest absolute Gasteiger partial charge is 0.309 e. The first-order valence-corrected chi connectivity index (χ1v) is 24.2. The van der Waals surface area contributed by atoms with E-state index in [9.17, 15) is 0 Å². The third-order valence-corrected chi connectivity index (χ3v) is 13.5. The van der Waals surface area contributed by atoms with Gasteiger partial charge in [-0.2, -0.15) is 0 Å². The van der Waals surface area contributed by atoms with Crippen LogP contribution in [0.25, 0.3) is 77.9 Å². The average molecular weight is 879 g/mol. The van der Waals surface area contributed by atoms with Gasteiger partial charge in [0.15, 0.2) is 0 Å². The molecule has 0 saturated heterocycles. The first kappa shape index (κ1) is 43.9. The normalized spacial score (nSPS) is 11.6. The molecule has 0 amide bonds. The number of hydrogen-bond acceptors (Lipinski definition) is 1. The van der Waals surface area contributed by atoms with Gasteiger partial charge in [0.1, 0.15) is 0 Å².